The molecule has 1 unspecified atom stereocenters. The lowest BCUT2D eigenvalue weighted by Gasteiger charge is -2.25. The average molecular weight is 418 g/mol. The molecule has 0 radical (unpaired) electrons. The third-order valence-corrected chi connectivity index (χ3v) is 5.00. The second kappa shape index (κ2) is 11.9. The van der Waals surface area contributed by atoms with Crippen LogP contribution in [0.3, 0.4) is 0 Å². The summed E-state index contributed by atoms with van der Waals surface area (Å²) in [6.45, 7) is 4.10. The molecule has 3 amide bonds. The van der Waals surface area contributed by atoms with E-state index < -0.39 is 35.8 Å². The van der Waals surface area contributed by atoms with Gasteiger partial charge in [0, 0.05) is 6.54 Å². The Morgan fingerprint density at radius 2 is 1.80 bits per heavy atom. The molecule has 8 nitrogen and oxygen atoms in total. The van der Waals surface area contributed by atoms with Gasteiger partial charge in [0.1, 0.15) is 12.6 Å². The number of ketones is 1. The predicted molar refractivity (Wildman–Crippen MR) is 111 cm³/mol. The maximum atomic E-state index is 12.8. The van der Waals surface area contributed by atoms with Crippen LogP contribution in [0.1, 0.15) is 51.5 Å². The molecule has 30 heavy (non-hydrogen) atoms. The van der Waals surface area contributed by atoms with Crippen LogP contribution in [0.15, 0.2) is 30.3 Å². The maximum Gasteiger partial charge on any atom is 0.408 e. The summed E-state index contributed by atoms with van der Waals surface area (Å²) in [5, 5.41) is 7.82. The number of Topliss-reactive ketones (excluding diaryl/α,β-unsaturated/α-hetero) is 1. The summed E-state index contributed by atoms with van der Waals surface area (Å²) in [6.07, 6.45) is 3.12. The van der Waals surface area contributed by atoms with E-state index in [9.17, 15) is 19.2 Å². The van der Waals surface area contributed by atoms with Gasteiger partial charge in [0.15, 0.2) is 0 Å². The Kier molecular flexibility index (Phi) is 9.31. The summed E-state index contributed by atoms with van der Waals surface area (Å²) in [5.41, 5.74) is 0.830. The van der Waals surface area contributed by atoms with Gasteiger partial charge in [-0.25, -0.2) is 4.79 Å². The highest BCUT2D eigenvalue weighted by atomic mass is 16.5. The second-order valence-corrected chi connectivity index (χ2v) is 7.81. The average Bonchev–Trinajstić information content (AvgIpc) is 2.73. The number of alkyl carbamates (subject to hydrolysis) is 1. The van der Waals surface area contributed by atoms with Crippen molar-refractivity contribution in [3.05, 3.63) is 35.9 Å². The lowest BCUT2D eigenvalue weighted by molar-refractivity contribution is -0.140. The van der Waals surface area contributed by atoms with E-state index >= 15 is 0 Å². The molecule has 2 rings (SSSR count). The Morgan fingerprint density at radius 1 is 1.10 bits per heavy atom. The van der Waals surface area contributed by atoms with Gasteiger partial charge in [-0.05, 0) is 24.3 Å². The van der Waals surface area contributed by atoms with Crippen molar-refractivity contribution in [2.75, 3.05) is 6.54 Å². The normalized spacial score (nSPS) is 18.8. The van der Waals surface area contributed by atoms with Gasteiger partial charge in [0.25, 0.3) is 5.91 Å². The molecule has 1 aliphatic rings. The van der Waals surface area contributed by atoms with E-state index in [1.54, 1.807) is 13.8 Å². The number of carbonyl (C=O) groups is 4. The Labute approximate surface area is 177 Å². The molecular formula is C22H31N3O5. The molecular weight excluding hydrogens is 386 g/mol. The first-order valence-corrected chi connectivity index (χ1v) is 10.5. The van der Waals surface area contributed by atoms with E-state index in [1.807, 2.05) is 30.3 Å². The summed E-state index contributed by atoms with van der Waals surface area (Å²) >= 11 is 0. The zero-order valence-electron chi connectivity index (χ0n) is 17.6. The van der Waals surface area contributed by atoms with Crippen molar-refractivity contribution in [2.24, 2.45) is 5.92 Å². The number of hydrogen-bond donors (Lipinski definition) is 3. The molecule has 1 aromatic carbocycles. The van der Waals surface area contributed by atoms with Crippen LogP contribution in [0.4, 0.5) is 4.79 Å². The minimum Gasteiger partial charge on any atom is -0.445 e. The summed E-state index contributed by atoms with van der Waals surface area (Å²) in [4.78, 5) is 49.4. The molecule has 2 atom stereocenters. The fourth-order valence-corrected chi connectivity index (χ4v) is 3.23. The third kappa shape index (κ3) is 7.50. The van der Waals surface area contributed by atoms with E-state index in [4.69, 9.17) is 4.74 Å². The van der Waals surface area contributed by atoms with Crippen LogP contribution in [0.5, 0.6) is 0 Å². The number of ether oxygens (including phenoxy) is 1. The molecule has 0 aliphatic carbocycles. The molecule has 164 valence electrons. The van der Waals surface area contributed by atoms with Gasteiger partial charge in [0.2, 0.25) is 11.7 Å². The van der Waals surface area contributed by atoms with Gasteiger partial charge < -0.3 is 20.7 Å². The van der Waals surface area contributed by atoms with Crippen molar-refractivity contribution >= 4 is 23.7 Å². The zero-order chi connectivity index (χ0) is 21.9. The van der Waals surface area contributed by atoms with Crippen molar-refractivity contribution in [1.29, 1.82) is 0 Å². The van der Waals surface area contributed by atoms with Crippen molar-refractivity contribution in [1.82, 2.24) is 16.0 Å². The topological polar surface area (TPSA) is 114 Å². The van der Waals surface area contributed by atoms with Gasteiger partial charge in [0.05, 0.1) is 6.04 Å². The number of carbonyl (C=O) groups excluding carboxylic acids is 4. The van der Waals surface area contributed by atoms with Crippen molar-refractivity contribution in [3.8, 4) is 0 Å². The fourth-order valence-electron chi connectivity index (χ4n) is 3.23. The standard InChI is InChI=1S/C22H31N3O5/c1-15(2)18(25-22(29)30-14-16-10-6-5-7-11-16)20(27)24-17-12-8-3-4-9-13-23-21(28)19(17)26/h5-7,10-11,15,17-18H,3-4,8-9,12-14H2,1-2H3,(H,23,28)(H,24,27)(H,25,29)/t17?,18-/m0/s1. The molecule has 8 heteroatoms. The summed E-state index contributed by atoms with van der Waals surface area (Å²) in [6, 6.07) is 7.41. The molecule has 1 aromatic rings. The second-order valence-electron chi connectivity index (χ2n) is 7.81. The lowest BCUT2D eigenvalue weighted by Crippen LogP contribution is -2.55. The molecule has 0 saturated carbocycles. The lowest BCUT2D eigenvalue weighted by atomic mass is 9.99. The van der Waals surface area contributed by atoms with Crippen LogP contribution in [-0.4, -0.2) is 42.3 Å². The Morgan fingerprint density at radius 3 is 2.50 bits per heavy atom. The van der Waals surface area contributed by atoms with E-state index in [0.29, 0.717) is 13.0 Å². The monoisotopic (exact) mass is 417 g/mol. The van der Waals surface area contributed by atoms with E-state index in [1.165, 1.54) is 0 Å². The van der Waals surface area contributed by atoms with Crippen LogP contribution in [0.2, 0.25) is 0 Å². The van der Waals surface area contributed by atoms with Crippen LogP contribution < -0.4 is 16.0 Å². The van der Waals surface area contributed by atoms with Crippen LogP contribution in [0.25, 0.3) is 0 Å². The Hall–Kier alpha value is -2.90. The number of nitrogens with one attached hydrogen (secondary N) is 3. The van der Waals surface area contributed by atoms with Gasteiger partial charge in [-0.1, -0.05) is 63.4 Å². The molecule has 1 saturated heterocycles. The predicted octanol–water partition coefficient (Wildman–Crippen LogP) is 2.07. The molecule has 1 aliphatic heterocycles. The first kappa shape index (κ1) is 23.4. The molecule has 1 fully saturated rings. The number of amides is 3. The van der Waals surface area contributed by atoms with Crippen molar-refractivity contribution in [3.63, 3.8) is 0 Å². The molecule has 0 bridgehead atoms. The maximum absolute atomic E-state index is 12.8. The zero-order valence-corrected chi connectivity index (χ0v) is 17.6. The summed E-state index contributed by atoms with van der Waals surface area (Å²) in [5.74, 6) is -2.08. The fraction of sp³-hybridized carbons (Fsp3) is 0.545. The van der Waals surface area contributed by atoms with Gasteiger partial charge in [-0.2, -0.15) is 0 Å². The minimum absolute atomic E-state index is 0.0837. The largest absolute Gasteiger partial charge is 0.445 e. The van der Waals surface area contributed by atoms with Gasteiger partial charge >= 0.3 is 6.09 Å². The first-order valence-electron chi connectivity index (χ1n) is 10.5. The number of rotatable bonds is 6. The Bertz CT molecular complexity index is 736. The molecule has 1 heterocycles. The van der Waals surface area contributed by atoms with Gasteiger partial charge in [-0.15, -0.1) is 0 Å². The van der Waals surface area contributed by atoms with Gasteiger partial charge in [-0.3, -0.25) is 14.4 Å². The quantitative estimate of drug-likeness (QED) is 0.613. The molecule has 3 N–H and O–H groups in total. The summed E-state index contributed by atoms with van der Waals surface area (Å²) < 4.78 is 5.19. The Balaban J connectivity index is 1.96. The van der Waals surface area contributed by atoms with Crippen LogP contribution >= 0.6 is 0 Å². The van der Waals surface area contributed by atoms with E-state index in [0.717, 1.165) is 31.2 Å². The van der Waals surface area contributed by atoms with Crippen LogP contribution in [-0.2, 0) is 25.7 Å². The van der Waals surface area contributed by atoms with Crippen molar-refractivity contribution < 1.29 is 23.9 Å². The molecule has 0 spiro atoms. The first-order chi connectivity index (χ1) is 14.4. The summed E-state index contributed by atoms with van der Waals surface area (Å²) in [7, 11) is 0. The highest BCUT2D eigenvalue weighted by Crippen LogP contribution is 2.10. The van der Waals surface area contributed by atoms with E-state index in [2.05, 4.69) is 16.0 Å². The smallest absolute Gasteiger partial charge is 0.408 e. The van der Waals surface area contributed by atoms with Crippen molar-refractivity contribution in [2.45, 2.75) is 64.6 Å². The number of hydrogen-bond acceptors (Lipinski definition) is 5. The minimum atomic E-state index is -0.904. The van der Waals surface area contributed by atoms with E-state index in [-0.39, 0.29) is 12.5 Å². The highest BCUT2D eigenvalue weighted by Gasteiger charge is 2.31. The van der Waals surface area contributed by atoms with Crippen LogP contribution in [0, 0.1) is 5.92 Å². The third-order valence-electron chi connectivity index (χ3n) is 5.00. The highest BCUT2D eigenvalue weighted by molar-refractivity contribution is 6.38. The SMILES string of the molecule is CC(C)[C@H](NC(=O)OCc1ccccc1)C(=O)NC1CCCCCCNC(=O)C1=O. The molecule has 0 aromatic heterocycles. The number of benzene rings is 1.